The molecular formula is C22H17N3O3. The fourth-order valence-corrected chi connectivity index (χ4v) is 3.24. The van der Waals surface area contributed by atoms with Crippen molar-refractivity contribution >= 4 is 28.4 Å². The van der Waals surface area contributed by atoms with Gasteiger partial charge in [0.15, 0.2) is 0 Å². The van der Waals surface area contributed by atoms with Gasteiger partial charge in [-0.05, 0) is 34.4 Å². The van der Waals surface area contributed by atoms with Gasteiger partial charge in [0.25, 0.3) is 5.69 Å². The molecule has 0 atom stereocenters. The van der Waals surface area contributed by atoms with Crippen molar-refractivity contribution in [3.05, 3.63) is 106 Å². The molecule has 0 bridgehead atoms. The SMILES string of the molecule is O=C(NNc1ccc([N+](=O)[O-])cc1)C1C(c2ccccc2)=C1c1ccccc1. The molecule has 1 amide bonds. The molecule has 0 saturated heterocycles. The molecule has 2 N–H and O–H groups in total. The summed E-state index contributed by atoms with van der Waals surface area (Å²) in [5.74, 6) is -0.508. The third kappa shape index (κ3) is 3.48. The van der Waals surface area contributed by atoms with Gasteiger partial charge in [-0.3, -0.25) is 25.8 Å². The summed E-state index contributed by atoms with van der Waals surface area (Å²) in [5.41, 5.74) is 10.2. The Bertz CT molecular complexity index is 996. The van der Waals surface area contributed by atoms with E-state index in [-0.39, 0.29) is 17.5 Å². The lowest BCUT2D eigenvalue weighted by molar-refractivity contribution is -0.384. The number of hydrazine groups is 1. The largest absolute Gasteiger partial charge is 0.299 e. The Morgan fingerprint density at radius 2 is 1.29 bits per heavy atom. The summed E-state index contributed by atoms with van der Waals surface area (Å²) >= 11 is 0. The van der Waals surface area contributed by atoms with Crippen LogP contribution in [0.1, 0.15) is 11.1 Å². The van der Waals surface area contributed by atoms with Crippen molar-refractivity contribution < 1.29 is 9.72 Å². The molecule has 28 heavy (non-hydrogen) atoms. The molecule has 0 fully saturated rings. The number of nitrogens with one attached hydrogen (secondary N) is 2. The van der Waals surface area contributed by atoms with E-state index in [2.05, 4.69) is 10.9 Å². The number of rotatable bonds is 6. The van der Waals surface area contributed by atoms with E-state index in [0.29, 0.717) is 5.69 Å². The van der Waals surface area contributed by atoms with Crippen molar-refractivity contribution in [1.29, 1.82) is 0 Å². The Hall–Kier alpha value is -3.93. The molecule has 0 unspecified atom stereocenters. The van der Waals surface area contributed by atoms with Crippen LogP contribution in [0.4, 0.5) is 11.4 Å². The number of amides is 1. The second kappa shape index (κ2) is 7.36. The molecule has 1 aliphatic rings. The van der Waals surface area contributed by atoms with E-state index >= 15 is 0 Å². The van der Waals surface area contributed by atoms with Crippen LogP contribution in [0.2, 0.25) is 0 Å². The van der Waals surface area contributed by atoms with Gasteiger partial charge >= 0.3 is 0 Å². The van der Waals surface area contributed by atoms with Gasteiger partial charge in [0.1, 0.15) is 0 Å². The first-order chi connectivity index (χ1) is 13.6. The van der Waals surface area contributed by atoms with E-state index in [9.17, 15) is 14.9 Å². The van der Waals surface area contributed by atoms with Crippen LogP contribution < -0.4 is 10.9 Å². The van der Waals surface area contributed by atoms with E-state index in [4.69, 9.17) is 0 Å². The lowest BCUT2D eigenvalue weighted by Gasteiger charge is -2.09. The van der Waals surface area contributed by atoms with Crippen molar-refractivity contribution in [2.45, 2.75) is 0 Å². The summed E-state index contributed by atoms with van der Waals surface area (Å²) in [6.07, 6.45) is 0. The Kier molecular flexibility index (Phi) is 4.60. The number of nitro groups is 1. The quantitative estimate of drug-likeness (QED) is 0.500. The van der Waals surface area contributed by atoms with Gasteiger partial charge in [-0.1, -0.05) is 60.7 Å². The number of hydrogen-bond acceptors (Lipinski definition) is 4. The molecule has 0 spiro atoms. The molecule has 0 radical (unpaired) electrons. The summed E-state index contributed by atoms with van der Waals surface area (Å²) in [6.45, 7) is 0. The van der Waals surface area contributed by atoms with E-state index in [1.54, 1.807) is 12.1 Å². The van der Waals surface area contributed by atoms with Crippen LogP contribution in [0.5, 0.6) is 0 Å². The van der Waals surface area contributed by atoms with Crippen LogP contribution in [-0.2, 0) is 4.79 Å². The van der Waals surface area contributed by atoms with E-state index in [1.165, 1.54) is 12.1 Å². The van der Waals surface area contributed by atoms with Gasteiger partial charge in [-0.25, -0.2) is 0 Å². The van der Waals surface area contributed by atoms with Gasteiger partial charge in [0.2, 0.25) is 5.91 Å². The first-order valence-corrected chi connectivity index (χ1v) is 8.80. The maximum atomic E-state index is 12.8. The van der Waals surface area contributed by atoms with Crippen LogP contribution in [0.3, 0.4) is 0 Å². The highest BCUT2D eigenvalue weighted by atomic mass is 16.6. The van der Waals surface area contributed by atoms with E-state index in [0.717, 1.165) is 22.3 Å². The molecule has 0 aromatic heterocycles. The molecule has 3 aromatic carbocycles. The maximum Gasteiger partial charge on any atom is 0.269 e. The van der Waals surface area contributed by atoms with E-state index < -0.39 is 4.92 Å². The highest BCUT2D eigenvalue weighted by Crippen LogP contribution is 2.53. The van der Waals surface area contributed by atoms with Crippen LogP contribution in [-0.4, -0.2) is 10.8 Å². The normalized spacial score (nSPS) is 13.1. The average Bonchev–Trinajstić information content (AvgIpc) is 3.49. The number of anilines is 1. The Morgan fingerprint density at radius 3 is 1.75 bits per heavy atom. The van der Waals surface area contributed by atoms with Gasteiger partial charge in [-0.15, -0.1) is 0 Å². The van der Waals surface area contributed by atoms with Gasteiger partial charge < -0.3 is 0 Å². The number of hydrogen-bond donors (Lipinski definition) is 2. The molecular weight excluding hydrogens is 354 g/mol. The minimum atomic E-state index is -0.464. The number of benzene rings is 3. The first kappa shape index (κ1) is 17.5. The fraction of sp³-hybridized carbons (Fsp3) is 0.0455. The standard InChI is InChI=1S/C22H17N3O3/c26-22(24-23-17-11-13-18(14-12-17)25(27)28)21-19(15-7-3-1-4-8-15)20(21)16-9-5-2-6-10-16/h1-14,21,23H,(H,24,26). The number of carbonyl (C=O) groups excluding carboxylic acids is 1. The zero-order valence-electron chi connectivity index (χ0n) is 14.8. The second-order valence-corrected chi connectivity index (χ2v) is 6.41. The Morgan fingerprint density at radius 1 is 0.786 bits per heavy atom. The molecule has 0 saturated carbocycles. The molecule has 6 heteroatoms. The zero-order chi connectivity index (χ0) is 19.5. The number of nitro benzene ring substituents is 1. The monoisotopic (exact) mass is 371 g/mol. The maximum absolute atomic E-state index is 12.8. The first-order valence-electron chi connectivity index (χ1n) is 8.80. The van der Waals surface area contributed by atoms with Gasteiger partial charge in [0.05, 0.1) is 16.5 Å². The topological polar surface area (TPSA) is 84.3 Å². The zero-order valence-corrected chi connectivity index (χ0v) is 14.8. The second-order valence-electron chi connectivity index (χ2n) is 6.41. The summed E-state index contributed by atoms with van der Waals surface area (Å²) in [7, 11) is 0. The van der Waals surface area contributed by atoms with Crippen molar-refractivity contribution in [2.75, 3.05) is 5.43 Å². The summed E-state index contributed by atoms with van der Waals surface area (Å²) < 4.78 is 0. The minimum absolute atomic E-state index is 0.00142. The van der Waals surface area contributed by atoms with Crippen LogP contribution in [0.25, 0.3) is 11.1 Å². The van der Waals surface area contributed by atoms with Gasteiger partial charge in [-0.2, -0.15) is 0 Å². The highest BCUT2D eigenvalue weighted by molar-refractivity contribution is 6.23. The van der Waals surface area contributed by atoms with Gasteiger partial charge in [0, 0.05) is 12.1 Å². The molecule has 1 aliphatic carbocycles. The average molecular weight is 371 g/mol. The Labute approximate surface area is 161 Å². The number of carbonyl (C=O) groups is 1. The van der Waals surface area contributed by atoms with Crippen LogP contribution in [0.15, 0.2) is 84.9 Å². The summed E-state index contributed by atoms with van der Waals surface area (Å²) in [4.78, 5) is 23.1. The number of non-ortho nitro benzene ring substituents is 1. The van der Waals surface area contributed by atoms with Crippen molar-refractivity contribution in [1.82, 2.24) is 5.43 Å². The fourth-order valence-electron chi connectivity index (χ4n) is 3.24. The van der Waals surface area contributed by atoms with Crippen LogP contribution >= 0.6 is 0 Å². The van der Waals surface area contributed by atoms with Crippen LogP contribution in [0, 0.1) is 16.0 Å². The summed E-state index contributed by atoms with van der Waals surface area (Å²) in [5, 5.41) is 10.7. The highest BCUT2D eigenvalue weighted by Gasteiger charge is 2.43. The molecule has 4 rings (SSSR count). The van der Waals surface area contributed by atoms with E-state index in [1.807, 2.05) is 60.7 Å². The molecule has 6 nitrogen and oxygen atoms in total. The molecule has 3 aromatic rings. The third-order valence-corrected chi connectivity index (χ3v) is 4.62. The third-order valence-electron chi connectivity index (χ3n) is 4.62. The predicted molar refractivity (Wildman–Crippen MR) is 108 cm³/mol. The minimum Gasteiger partial charge on any atom is -0.299 e. The smallest absolute Gasteiger partial charge is 0.269 e. The number of nitrogens with zero attached hydrogens (tertiary/aromatic N) is 1. The van der Waals surface area contributed by atoms with Crippen molar-refractivity contribution in [2.24, 2.45) is 5.92 Å². The Balaban J connectivity index is 1.50. The van der Waals surface area contributed by atoms with Crippen molar-refractivity contribution in [3.8, 4) is 0 Å². The lowest BCUT2D eigenvalue weighted by atomic mass is 10.1. The summed E-state index contributed by atoms with van der Waals surface area (Å²) in [6, 6.07) is 25.5. The molecule has 0 aliphatic heterocycles. The molecule has 0 heterocycles. The predicted octanol–water partition coefficient (Wildman–Crippen LogP) is 4.28. The van der Waals surface area contributed by atoms with Crippen molar-refractivity contribution in [3.63, 3.8) is 0 Å². The molecule has 138 valence electrons. The lowest BCUT2D eigenvalue weighted by Crippen LogP contribution is -2.31.